The van der Waals surface area contributed by atoms with Crippen molar-refractivity contribution in [2.24, 2.45) is 0 Å². The molecule has 0 amide bonds. The highest BCUT2D eigenvalue weighted by molar-refractivity contribution is 8.13. The Morgan fingerprint density at radius 2 is 2.43 bits per heavy atom. The lowest BCUT2D eigenvalue weighted by Gasteiger charge is -1.95. The van der Waals surface area contributed by atoms with E-state index in [1.54, 1.807) is 41.3 Å². The third-order valence-electron chi connectivity index (χ3n) is 1.55. The number of rotatable bonds is 4. The lowest BCUT2D eigenvalue weighted by molar-refractivity contribution is 1.53. The smallest absolute Gasteiger partial charge is 0.0873 e. The number of nitrogens with one attached hydrogen (secondary N) is 1. The second-order valence-electron chi connectivity index (χ2n) is 2.76. The van der Waals surface area contributed by atoms with Crippen LogP contribution >= 0.6 is 23.1 Å². The fourth-order valence-corrected chi connectivity index (χ4v) is 2.58. The van der Waals surface area contributed by atoms with E-state index in [4.69, 9.17) is 5.41 Å². The van der Waals surface area contributed by atoms with Crippen molar-refractivity contribution >= 4 is 28.1 Å². The van der Waals surface area contributed by atoms with Crippen LogP contribution in [0.1, 0.15) is 9.75 Å². The molecule has 1 rings (SSSR count). The SMILES string of the molecule is C=C/C=C\C(=N)SCc1ccc(C)s1. The van der Waals surface area contributed by atoms with E-state index < -0.39 is 0 Å². The van der Waals surface area contributed by atoms with Gasteiger partial charge in [0, 0.05) is 15.5 Å². The zero-order valence-electron chi connectivity index (χ0n) is 8.12. The van der Waals surface area contributed by atoms with Crippen LogP contribution in [0.2, 0.25) is 0 Å². The predicted octanol–water partition coefficient (Wildman–Crippen LogP) is 4.01. The Morgan fingerprint density at radius 3 is 3.00 bits per heavy atom. The molecule has 0 atom stereocenters. The van der Waals surface area contributed by atoms with Crippen molar-refractivity contribution in [2.75, 3.05) is 0 Å². The highest BCUT2D eigenvalue weighted by Gasteiger charge is 1.98. The molecule has 0 aliphatic heterocycles. The summed E-state index contributed by atoms with van der Waals surface area (Å²) in [4.78, 5) is 2.65. The summed E-state index contributed by atoms with van der Waals surface area (Å²) in [5, 5.41) is 8.16. The minimum absolute atomic E-state index is 0.580. The first kappa shape index (κ1) is 11.3. The number of thioether (sulfide) groups is 1. The highest BCUT2D eigenvalue weighted by Crippen LogP contribution is 2.21. The summed E-state index contributed by atoms with van der Waals surface area (Å²) < 4.78 is 0. The molecule has 1 aromatic heterocycles. The molecule has 1 nitrogen and oxygen atoms in total. The maximum Gasteiger partial charge on any atom is 0.0873 e. The molecule has 1 heterocycles. The molecule has 0 saturated carbocycles. The maximum absolute atomic E-state index is 7.58. The lowest BCUT2D eigenvalue weighted by atomic mass is 10.5. The summed E-state index contributed by atoms with van der Waals surface area (Å²) in [7, 11) is 0. The van der Waals surface area contributed by atoms with E-state index in [2.05, 4.69) is 25.6 Å². The quantitative estimate of drug-likeness (QED) is 0.465. The van der Waals surface area contributed by atoms with Crippen molar-refractivity contribution in [2.45, 2.75) is 12.7 Å². The second kappa shape index (κ2) is 5.83. The Labute approximate surface area is 93.1 Å². The molecule has 0 spiro atoms. The van der Waals surface area contributed by atoms with Crippen LogP contribution in [-0.4, -0.2) is 5.04 Å². The van der Waals surface area contributed by atoms with Gasteiger partial charge in [-0.3, -0.25) is 5.41 Å². The van der Waals surface area contributed by atoms with E-state index in [0.29, 0.717) is 5.04 Å². The number of allylic oxidation sites excluding steroid dienone is 2. The Bertz CT molecular complexity index is 350. The molecule has 0 aromatic carbocycles. The standard InChI is InChI=1S/C11H13NS2/c1-3-4-5-11(12)13-8-10-7-6-9(2)14-10/h3-7,12H,1,8H2,2H3/b5-4-,12-11?. The van der Waals surface area contributed by atoms with Gasteiger partial charge in [0.25, 0.3) is 0 Å². The largest absolute Gasteiger partial charge is 0.294 e. The fraction of sp³-hybridized carbons (Fsp3) is 0.182. The zero-order valence-corrected chi connectivity index (χ0v) is 9.75. The Morgan fingerprint density at radius 1 is 1.64 bits per heavy atom. The summed E-state index contributed by atoms with van der Waals surface area (Å²) in [6, 6.07) is 4.24. The van der Waals surface area contributed by atoms with Crippen molar-refractivity contribution in [1.82, 2.24) is 0 Å². The predicted molar refractivity (Wildman–Crippen MR) is 67.4 cm³/mol. The first-order valence-electron chi connectivity index (χ1n) is 4.28. The maximum atomic E-state index is 7.58. The van der Waals surface area contributed by atoms with Gasteiger partial charge in [-0.1, -0.05) is 18.7 Å². The van der Waals surface area contributed by atoms with Gasteiger partial charge in [0.15, 0.2) is 0 Å². The zero-order chi connectivity index (χ0) is 10.4. The number of hydrogen-bond donors (Lipinski definition) is 1. The van der Waals surface area contributed by atoms with Gasteiger partial charge in [-0.15, -0.1) is 23.1 Å². The van der Waals surface area contributed by atoms with Crippen LogP contribution in [0.3, 0.4) is 0 Å². The van der Waals surface area contributed by atoms with Crippen LogP contribution in [-0.2, 0) is 5.75 Å². The van der Waals surface area contributed by atoms with Crippen LogP contribution in [0.15, 0.2) is 36.9 Å². The molecule has 0 aliphatic carbocycles. The van der Waals surface area contributed by atoms with Crippen LogP contribution < -0.4 is 0 Å². The molecule has 0 bridgehead atoms. The minimum Gasteiger partial charge on any atom is -0.294 e. The van der Waals surface area contributed by atoms with Gasteiger partial charge in [0.2, 0.25) is 0 Å². The van der Waals surface area contributed by atoms with E-state index in [9.17, 15) is 0 Å². The summed E-state index contributed by atoms with van der Waals surface area (Å²) >= 11 is 3.33. The van der Waals surface area contributed by atoms with Crippen molar-refractivity contribution < 1.29 is 0 Å². The van der Waals surface area contributed by atoms with Gasteiger partial charge in [0.05, 0.1) is 5.04 Å². The van der Waals surface area contributed by atoms with E-state index in [1.807, 2.05) is 0 Å². The summed E-state index contributed by atoms with van der Waals surface area (Å²) in [5.41, 5.74) is 0. The molecule has 14 heavy (non-hydrogen) atoms. The second-order valence-corrected chi connectivity index (χ2v) is 5.15. The van der Waals surface area contributed by atoms with Gasteiger partial charge < -0.3 is 0 Å². The molecule has 0 aliphatic rings. The van der Waals surface area contributed by atoms with E-state index >= 15 is 0 Å². The molecule has 3 heteroatoms. The van der Waals surface area contributed by atoms with E-state index in [1.165, 1.54) is 9.75 Å². The van der Waals surface area contributed by atoms with Crippen molar-refractivity contribution in [1.29, 1.82) is 5.41 Å². The molecule has 1 aromatic rings. The topological polar surface area (TPSA) is 23.9 Å². The van der Waals surface area contributed by atoms with Gasteiger partial charge in [-0.25, -0.2) is 0 Å². The van der Waals surface area contributed by atoms with Gasteiger partial charge in [-0.05, 0) is 25.1 Å². The Balaban J connectivity index is 2.37. The van der Waals surface area contributed by atoms with Crippen LogP contribution in [0.4, 0.5) is 0 Å². The first-order valence-corrected chi connectivity index (χ1v) is 6.08. The summed E-state index contributed by atoms with van der Waals surface area (Å²) in [5.74, 6) is 0.888. The van der Waals surface area contributed by atoms with Gasteiger partial charge in [0.1, 0.15) is 0 Å². The molecule has 74 valence electrons. The number of aryl methyl sites for hydroxylation is 1. The van der Waals surface area contributed by atoms with Crippen LogP contribution in [0.25, 0.3) is 0 Å². The van der Waals surface area contributed by atoms with E-state index in [0.717, 1.165) is 5.75 Å². The molecule has 0 unspecified atom stereocenters. The monoisotopic (exact) mass is 223 g/mol. The average Bonchev–Trinajstić information content (AvgIpc) is 2.58. The molecular weight excluding hydrogens is 210 g/mol. The van der Waals surface area contributed by atoms with Crippen molar-refractivity contribution in [3.8, 4) is 0 Å². The van der Waals surface area contributed by atoms with Gasteiger partial charge >= 0.3 is 0 Å². The highest BCUT2D eigenvalue weighted by atomic mass is 32.2. The van der Waals surface area contributed by atoms with Crippen molar-refractivity contribution in [3.63, 3.8) is 0 Å². The lowest BCUT2D eigenvalue weighted by Crippen LogP contribution is -1.83. The van der Waals surface area contributed by atoms with Crippen LogP contribution in [0.5, 0.6) is 0 Å². The normalized spacial score (nSPS) is 10.6. The third kappa shape index (κ3) is 3.94. The molecule has 0 fully saturated rings. The van der Waals surface area contributed by atoms with E-state index in [-0.39, 0.29) is 0 Å². The number of hydrogen-bond acceptors (Lipinski definition) is 3. The van der Waals surface area contributed by atoms with Gasteiger partial charge in [-0.2, -0.15) is 0 Å². The minimum atomic E-state index is 0.580. The molecule has 1 N–H and O–H groups in total. The average molecular weight is 223 g/mol. The van der Waals surface area contributed by atoms with Crippen LogP contribution in [0, 0.1) is 12.3 Å². The summed E-state index contributed by atoms with van der Waals surface area (Å²) in [6.45, 7) is 5.66. The molecule has 0 saturated heterocycles. The first-order chi connectivity index (χ1) is 6.72. The summed E-state index contributed by atoms with van der Waals surface area (Å²) in [6.07, 6.45) is 5.23. The Hall–Kier alpha value is -0.800. The molecule has 0 radical (unpaired) electrons. The number of thiophene rings is 1. The Kier molecular flexibility index (Phi) is 4.70. The third-order valence-corrected chi connectivity index (χ3v) is 3.64. The molecular formula is C11H13NS2. The fourth-order valence-electron chi connectivity index (χ4n) is 0.915. The van der Waals surface area contributed by atoms with Crippen molar-refractivity contribution in [3.05, 3.63) is 46.7 Å².